The molecular formula is C7H12N2O6. The molecule has 0 aliphatic carbocycles. The molecule has 0 radical (unpaired) electrons. The van der Waals surface area contributed by atoms with Crippen molar-refractivity contribution in [2.45, 2.75) is 18.6 Å². The average Bonchev–Trinajstić information content (AvgIpc) is 2.12. The summed E-state index contributed by atoms with van der Waals surface area (Å²) >= 11 is 0. The molecule has 0 spiro atoms. The van der Waals surface area contributed by atoms with Crippen molar-refractivity contribution < 1.29 is 29.7 Å². The van der Waals surface area contributed by atoms with Gasteiger partial charge < -0.3 is 26.4 Å². The van der Waals surface area contributed by atoms with E-state index in [1.165, 1.54) is 0 Å². The molecule has 0 aromatic rings. The normalized spacial score (nSPS) is 14.0. The van der Waals surface area contributed by atoms with Crippen molar-refractivity contribution in [1.82, 2.24) is 5.32 Å². The van der Waals surface area contributed by atoms with Gasteiger partial charge >= 0.3 is 11.9 Å². The molecule has 0 bridgehead atoms. The lowest BCUT2D eigenvalue weighted by Crippen LogP contribution is -2.45. The zero-order chi connectivity index (χ0) is 12.0. The van der Waals surface area contributed by atoms with Gasteiger partial charge in [0, 0.05) is 0 Å². The Balaban J connectivity index is 3.93. The summed E-state index contributed by atoms with van der Waals surface area (Å²) in [5.74, 6) is -3.55. The predicted molar refractivity (Wildman–Crippen MR) is 46.9 cm³/mol. The Morgan fingerprint density at radius 1 is 1.27 bits per heavy atom. The molecular weight excluding hydrogens is 208 g/mol. The molecule has 15 heavy (non-hydrogen) atoms. The SMILES string of the molecule is NC(CC(=O)O)C(=O)NCC(O)C(=O)O. The third-order valence-electron chi connectivity index (χ3n) is 1.49. The van der Waals surface area contributed by atoms with Gasteiger partial charge in [-0.1, -0.05) is 0 Å². The largest absolute Gasteiger partial charge is 0.481 e. The molecule has 0 rings (SSSR count). The second-order valence-corrected chi connectivity index (χ2v) is 2.80. The number of aliphatic hydroxyl groups is 1. The fourth-order valence-electron chi connectivity index (χ4n) is 0.696. The number of amides is 1. The first-order valence-electron chi connectivity index (χ1n) is 4.00. The predicted octanol–water partition coefficient (Wildman–Crippen LogP) is -2.65. The number of nitrogens with one attached hydrogen (secondary N) is 1. The number of carboxylic acids is 2. The molecule has 0 heterocycles. The first kappa shape index (κ1) is 13.3. The Kier molecular flexibility index (Phi) is 5.27. The van der Waals surface area contributed by atoms with Gasteiger partial charge in [0.05, 0.1) is 19.0 Å². The Hall–Kier alpha value is -1.67. The molecule has 0 fully saturated rings. The third-order valence-corrected chi connectivity index (χ3v) is 1.49. The zero-order valence-electron chi connectivity index (χ0n) is 7.71. The summed E-state index contributed by atoms with van der Waals surface area (Å²) in [7, 11) is 0. The van der Waals surface area contributed by atoms with Crippen molar-refractivity contribution in [3.8, 4) is 0 Å². The maximum Gasteiger partial charge on any atom is 0.334 e. The van der Waals surface area contributed by atoms with Crippen LogP contribution in [0, 0.1) is 0 Å². The lowest BCUT2D eigenvalue weighted by Gasteiger charge is -2.11. The van der Waals surface area contributed by atoms with E-state index in [1.54, 1.807) is 0 Å². The molecule has 8 heteroatoms. The molecule has 0 aliphatic rings. The van der Waals surface area contributed by atoms with Crippen LogP contribution >= 0.6 is 0 Å². The van der Waals surface area contributed by atoms with Crippen LogP contribution in [0.25, 0.3) is 0 Å². The minimum Gasteiger partial charge on any atom is -0.481 e. The lowest BCUT2D eigenvalue weighted by molar-refractivity contribution is -0.146. The number of aliphatic carboxylic acids is 2. The van der Waals surface area contributed by atoms with E-state index in [2.05, 4.69) is 0 Å². The summed E-state index contributed by atoms with van der Waals surface area (Å²) in [6.45, 7) is -0.512. The molecule has 8 nitrogen and oxygen atoms in total. The number of hydrogen-bond donors (Lipinski definition) is 5. The van der Waals surface area contributed by atoms with Crippen LogP contribution < -0.4 is 11.1 Å². The van der Waals surface area contributed by atoms with E-state index in [1.807, 2.05) is 5.32 Å². The molecule has 2 unspecified atom stereocenters. The van der Waals surface area contributed by atoms with Gasteiger partial charge in [-0.3, -0.25) is 9.59 Å². The third kappa shape index (κ3) is 5.60. The van der Waals surface area contributed by atoms with Crippen LogP contribution in [0.5, 0.6) is 0 Å². The lowest BCUT2D eigenvalue weighted by atomic mass is 10.2. The summed E-state index contributed by atoms with van der Waals surface area (Å²) in [6.07, 6.45) is -2.29. The van der Waals surface area contributed by atoms with E-state index in [-0.39, 0.29) is 0 Å². The summed E-state index contributed by atoms with van der Waals surface area (Å²) in [5.41, 5.74) is 5.16. The topological polar surface area (TPSA) is 150 Å². The second-order valence-electron chi connectivity index (χ2n) is 2.80. The number of nitrogens with two attached hydrogens (primary N) is 1. The highest BCUT2D eigenvalue weighted by Crippen LogP contribution is 1.89. The van der Waals surface area contributed by atoms with Crippen molar-refractivity contribution >= 4 is 17.8 Å². The van der Waals surface area contributed by atoms with Crippen LogP contribution in [-0.2, 0) is 14.4 Å². The summed E-state index contributed by atoms with van der Waals surface area (Å²) in [5, 5.41) is 27.3. The van der Waals surface area contributed by atoms with Gasteiger partial charge in [-0.25, -0.2) is 4.79 Å². The van der Waals surface area contributed by atoms with Gasteiger partial charge in [-0.15, -0.1) is 0 Å². The maximum absolute atomic E-state index is 11.0. The summed E-state index contributed by atoms with van der Waals surface area (Å²) in [6, 6.07) is -1.26. The molecule has 1 amide bonds. The summed E-state index contributed by atoms with van der Waals surface area (Å²) in [4.78, 5) is 31.3. The van der Waals surface area contributed by atoms with Gasteiger partial charge in [0.25, 0.3) is 0 Å². The van der Waals surface area contributed by atoms with Crippen LogP contribution in [0.3, 0.4) is 0 Å². The first-order chi connectivity index (χ1) is 6.84. The van der Waals surface area contributed by atoms with Gasteiger partial charge in [0.2, 0.25) is 5.91 Å². The van der Waals surface area contributed by atoms with E-state index in [0.717, 1.165) is 0 Å². The van der Waals surface area contributed by atoms with Gasteiger partial charge in [0.15, 0.2) is 6.10 Å². The molecule has 0 aromatic carbocycles. The Morgan fingerprint density at radius 3 is 2.20 bits per heavy atom. The van der Waals surface area contributed by atoms with E-state index < -0.39 is 43.0 Å². The van der Waals surface area contributed by atoms with E-state index in [0.29, 0.717) is 0 Å². The van der Waals surface area contributed by atoms with E-state index in [9.17, 15) is 14.4 Å². The van der Waals surface area contributed by atoms with Crippen LogP contribution in [0.4, 0.5) is 0 Å². The van der Waals surface area contributed by atoms with Gasteiger partial charge in [0.1, 0.15) is 0 Å². The quantitative estimate of drug-likeness (QED) is 0.328. The monoisotopic (exact) mass is 220 g/mol. The van der Waals surface area contributed by atoms with E-state index in [4.69, 9.17) is 21.1 Å². The molecule has 0 aromatic heterocycles. The van der Waals surface area contributed by atoms with Crippen molar-refractivity contribution in [3.63, 3.8) is 0 Å². The Labute approximate surface area is 84.7 Å². The highest BCUT2D eigenvalue weighted by molar-refractivity contribution is 5.86. The molecule has 86 valence electrons. The Morgan fingerprint density at radius 2 is 1.80 bits per heavy atom. The van der Waals surface area contributed by atoms with E-state index >= 15 is 0 Å². The molecule has 2 atom stereocenters. The molecule has 0 saturated heterocycles. The maximum atomic E-state index is 11.0. The second kappa shape index (κ2) is 5.94. The van der Waals surface area contributed by atoms with Crippen molar-refractivity contribution in [2.24, 2.45) is 5.73 Å². The first-order valence-corrected chi connectivity index (χ1v) is 4.00. The summed E-state index contributed by atoms with van der Waals surface area (Å²) < 4.78 is 0. The van der Waals surface area contributed by atoms with Crippen LogP contribution in [-0.4, -0.2) is 51.9 Å². The molecule has 0 saturated carbocycles. The highest BCUT2D eigenvalue weighted by Gasteiger charge is 2.19. The smallest absolute Gasteiger partial charge is 0.334 e. The number of carbonyl (C=O) groups excluding carboxylic acids is 1. The average molecular weight is 220 g/mol. The number of aliphatic hydroxyl groups excluding tert-OH is 1. The number of carboxylic acid groups (broad SMARTS) is 2. The van der Waals surface area contributed by atoms with Crippen LogP contribution in [0.2, 0.25) is 0 Å². The fourth-order valence-corrected chi connectivity index (χ4v) is 0.696. The fraction of sp³-hybridized carbons (Fsp3) is 0.571. The number of hydrogen-bond acceptors (Lipinski definition) is 5. The van der Waals surface area contributed by atoms with Gasteiger partial charge in [-0.2, -0.15) is 0 Å². The zero-order valence-corrected chi connectivity index (χ0v) is 7.71. The van der Waals surface area contributed by atoms with Crippen molar-refractivity contribution in [3.05, 3.63) is 0 Å². The molecule has 0 aliphatic heterocycles. The van der Waals surface area contributed by atoms with Crippen molar-refractivity contribution in [1.29, 1.82) is 0 Å². The highest BCUT2D eigenvalue weighted by atomic mass is 16.4. The molecule has 6 N–H and O–H groups in total. The van der Waals surface area contributed by atoms with Crippen LogP contribution in [0.1, 0.15) is 6.42 Å². The van der Waals surface area contributed by atoms with Crippen molar-refractivity contribution in [2.75, 3.05) is 6.54 Å². The number of rotatable bonds is 6. The van der Waals surface area contributed by atoms with Crippen LogP contribution in [0.15, 0.2) is 0 Å². The standard InChI is InChI=1S/C7H12N2O6/c8-3(1-5(11)12)6(13)9-2-4(10)7(14)15/h3-4,10H,1-2,8H2,(H,9,13)(H,11,12)(H,14,15). The number of carbonyl (C=O) groups is 3. The minimum absolute atomic E-state index is 0.512. The Bertz CT molecular complexity index is 266. The minimum atomic E-state index is -1.73. The van der Waals surface area contributed by atoms with Gasteiger partial charge in [-0.05, 0) is 0 Å².